The third kappa shape index (κ3) is 3.40. The van der Waals surface area contributed by atoms with Crippen LogP contribution in [-0.2, 0) is 0 Å². The fourth-order valence-electron chi connectivity index (χ4n) is 2.48. The van der Waals surface area contributed by atoms with Crippen LogP contribution in [0.5, 0.6) is 0 Å². The molecule has 7 heteroatoms. The van der Waals surface area contributed by atoms with Gasteiger partial charge in [-0.1, -0.05) is 29.4 Å². The van der Waals surface area contributed by atoms with E-state index in [-0.39, 0.29) is 5.96 Å². The van der Waals surface area contributed by atoms with E-state index in [2.05, 4.69) is 15.1 Å². The van der Waals surface area contributed by atoms with Gasteiger partial charge >= 0.3 is 0 Å². The lowest BCUT2D eigenvalue weighted by Crippen LogP contribution is -2.24. The predicted molar refractivity (Wildman–Crippen MR) is 94.8 cm³/mol. The van der Waals surface area contributed by atoms with Crippen LogP contribution in [0.2, 0.25) is 0 Å². The summed E-state index contributed by atoms with van der Waals surface area (Å²) in [5.41, 5.74) is 14.3. The number of nitrogens with zero attached hydrogens (tertiary/aromatic N) is 3. The van der Waals surface area contributed by atoms with Gasteiger partial charge in [0.25, 0.3) is 11.8 Å². The Balaban J connectivity index is 1.94. The number of aromatic nitrogens is 2. The molecule has 0 unspecified atom stereocenters. The van der Waals surface area contributed by atoms with Crippen molar-refractivity contribution in [3.63, 3.8) is 0 Å². The highest BCUT2D eigenvalue weighted by molar-refractivity contribution is 6.03. The Morgan fingerprint density at radius 1 is 1.08 bits per heavy atom. The van der Waals surface area contributed by atoms with Crippen LogP contribution in [0.25, 0.3) is 22.8 Å². The summed E-state index contributed by atoms with van der Waals surface area (Å²) in [6.07, 6.45) is 0. The zero-order valence-electron chi connectivity index (χ0n) is 13.9. The number of amides is 1. The van der Waals surface area contributed by atoms with Gasteiger partial charge in [-0.15, -0.1) is 0 Å². The van der Waals surface area contributed by atoms with Gasteiger partial charge < -0.3 is 16.0 Å². The summed E-state index contributed by atoms with van der Waals surface area (Å²) in [7, 11) is 0. The highest BCUT2D eigenvalue weighted by atomic mass is 16.5. The molecule has 7 nitrogen and oxygen atoms in total. The van der Waals surface area contributed by atoms with Crippen molar-refractivity contribution in [3.8, 4) is 22.8 Å². The van der Waals surface area contributed by atoms with Gasteiger partial charge in [0.05, 0.1) is 0 Å². The largest absolute Gasteiger partial charge is 0.370 e. The normalized spacial score (nSPS) is 10.5. The maximum atomic E-state index is 12.0. The maximum Gasteiger partial charge on any atom is 0.280 e. The van der Waals surface area contributed by atoms with E-state index in [0.717, 1.165) is 22.3 Å². The van der Waals surface area contributed by atoms with Crippen molar-refractivity contribution in [2.45, 2.75) is 13.8 Å². The van der Waals surface area contributed by atoms with Gasteiger partial charge in [0.1, 0.15) is 0 Å². The first-order valence-corrected chi connectivity index (χ1v) is 7.60. The Morgan fingerprint density at radius 3 is 2.52 bits per heavy atom. The summed E-state index contributed by atoms with van der Waals surface area (Å²) in [4.78, 5) is 19.9. The van der Waals surface area contributed by atoms with Crippen LogP contribution < -0.4 is 11.5 Å². The van der Waals surface area contributed by atoms with Crippen LogP contribution >= 0.6 is 0 Å². The summed E-state index contributed by atoms with van der Waals surface area (Å²) in [6, 6.07) is 12.9. The average Bonchev–Trinajstić information content (AvgIpc) is 3.04. The van der Waals surface area contributed by atoms with E-state index >= 15 is 0 Å². The summed E-state index contributed by atoms with van der Waals surface area (Å²) < 4.78 is 5.37. The molecule has 0 radical (unpaired) electrons. The molecule has 126 valence electrons. The molecule has 4 N–H and O–H groups in total. The second kappa shape index (κ2) is 6.56. The Morgan fingerprint density at radius 2 is 1.84 bits per heavy atom. The zero-order valence-corrected chi connectivity index (χ0v) is 13.9. The molecule has 0 aliphatic carbocycles. The number of hydrogen-bond acceptors (Lipinski definition) is 4. The van der Waals surface area contributed by atoms with E-state index < -0.39 is 5.91 Å². The molecule has 0 bridgehead atoms. The zero-order chi connectivity index (χ0) is 18.0. The summed E-state index contributed by atoms with van der Waals surface area (Å²) in [5.74, 6) is 0.140. The number of hydrogen-bond donors (Lipinski definition) is 2. The number of rotatable bonds is 3. The molecule has 2 aromatic carbocycles. The molecule has 0 aliphatic rings. The molecule has 1 aromatic heterocycles. The van der Waals surface area contributed by atoms with Crippen molar-refractivity contribution < 1.29 is 9.32 Å². The number of benzene rings is 2. The Hall–Kier alpha value is -3.48. The molecule has 3 rings (SSSR count). The highest BCUT2D eigenvalue weighted by Crippen LogP contribution is 2.26. The van der Waals surface area contributed by atoms with Crippen molar-refractivity contribution in [2.24, 2.45) is 16.5 Å². The van der Waals surface area contributed by atoms with Gasteiger partial charge in [-0.25, -0.2) is 0 Å². The lowest BCUT2D eigenvalue weighted by molar-refractivity contribution is 0.100. The Bertz CT molecular complexity index is 971. The van der Waals surface area contributed by atoms with E-state index in [1.807, 2.05) is 31.2 Å². The minimum absolute atomic E-state index is 0.269. The first-order chi connectivity index (χ1) is 12.0. The molecule has 0 fully saturated rings. The van der Waals surface area contributed by atoms with Crippen molar-refractivity contribution in [1.82, 2.24) is 10.1 Å². The SMILES string of the molecule is Cc1cc(-c2noc(-c3ccccc3C)n2)ccc1C(=O)N=C(N)N. The van der Waals surface area contributed by atoms with Gasteiger partial charge in [0.15, 0.2) is 5.96 Å². The highest BCUT2D eigenvalue weighted by Gasteiger charge is 2.14. The number of carbonyl (C=O) groups excluding carboxylic acids is 1. The third-order valence-electron chi connectivity index (χ3n) is 3.75. The number of nitrogens with two attached hydrogens (primary N) is 2. The van der Waals surface area contributed by atoms with Crippen molar-refractivity contribution >= 4 is 11.9 Å². The van der Waals surface area contributed by atoms with E-state index in [1.165, 1.54) is 0 Å². The van der Waals surface area contributed by atoms with Crippen LogP contribution in [0.3, 0.4) is 0 Å². The average molecular weight is 335 g/mol. The number of guanidine groups is 1. The molecule has 3 aromatic rings. The minimum Gasteiger partial charge on any atom is -0.370 e. The third-order valence-corrected chi connectivity index (χ3v) is 3.75. The van der Waals surface area contributed by atoms with E-state index in [0.29, 0.717) is 17.3 Å². The van der Waals surface area contributed by atoms with Crippen LogP contribution in [0.15, 0.2) is 52.0 Å². The molecular weight excluding hydrogens is 318 g/mol. The maximum absolute atomic E-state index is 12.0. The number of aryl methyl sites for hydroxylation is 2. The summed E-state index contributed by atoms with van der Waals surface area (Å²) in [6.45, 7) is 3.77. The Labute approximate surface area is 144 Å². The first-order valence-electron chi connectivity index (χ1n) is 7.60. The smallest absolute Gasteiger partial charge is 0.280 e. The number of carbonyl (C=O) groups is 1. The van der Waals surface area contributed by atoms with E-state index in [4.69, 9.17) is 16.0 Å². The lowest BCUT2D eigenvalue weighted by Gasteiger charge is -2.03. The molecule has 0 atom stereocenters. The summed E-state index contributed by atoms with van der Waals surface area (Å²) in [5, 5.41) is 4.03. The van der Waals surface area contributed by atoms with Gasteiger partial charge in [-0.3, -0.25) is 4.79 Å². The summed E-state index contributed by atoms with van der Waals surface area (Å²) >= 11 is 0. The van der Waals surface area contributed by atoms with Crippen LogP contribution in [-0.4, -0.2) is 22.0 Å². The van der Waals surface area contributed by atoms with E-state index in [9.17, 15) is 4.79 Å². The standard InChI is InChI=1S/C18H17N5O2/c1-10-5-3-4-6-14(10)17-21-15(23-25-17)12-7-8-13(11(2)9-12)16(24)22-18(19)20/h3-9H,1-2H3,(H4,19,20,22,24). The topological polar surface area (TPSA) is 120 Å². The number of aliphatic imine (C=N–C) groups is 1. The molecule has 0 saturated heterocycles. The molecule has 0 aliphatic heterocycles. The minimum atomic E-state index is -0.488. The van der Waals surface area contributed by atoms with Crippen LogP contribution in [0.1, 0.15) is 21.5 Å². The second-order valence-electron chi connectivity index (χ2n) is 5.61. The molecule has 25 heavy (non-hydrogen) atoms. The fourth-order valence-corrected chi connectivity index (χ4v) is 2.48. The molecule has 0 spiro atoms. The molecular formula is C18H17N5O2. The van der Waals surface area contributed by atoms with Crippen LogP contribution in [0, 0.1) is 13.8 Å². The molecule has 1 heterocycles. The predicted octanol–water partition coefficient (Wildman–Crippen LogP) is 2.43. The molecule has 0 saturated carbocycles. The lowest BCUT2D eigenvalue weighted by atomic mass is 10.0. The van der Waals surface area contributed by atoms with E-state index in [1.54, 1.807) is 25.1 Å². The van der Waals surface area contributed by atoms with Crippen LogP contribution in [0.4, 0.5) is 0 Å². The van der Waals surface area contributed by atoms with Gasteiger partial charge in [0.2, 0.25) is 5.82 Å². The van der Waals surface area contributed by atoms with Crippen molar-refractivity contribution in [2.75, 3.05) is 0 Å². The van der Waals surface area contributed by atoms with Gasteiger partial charge in [-0.05, 0) is 43.2 Å². The first kappa shape index (κ1) is 16.4. The second-order valence-corrected chi connectivity index (χ2v) is 5.61. The van der Waals surface area contributed by atoms with Gasteiger partial charge in [0, 0.05) is 16.7 Å². The van der Waals surface area contributed by atoms with Crippen molar-refractivity contribution in [3.05, 3.63) is 59.2 Å². The van der Waals surface area contributed by atoms with Gasteiger partial charge in [-0.2, -0.15) is 9.98 Å². The Kier molecular flexibility index (Phi) is 4.30. The molecule has 1 amide bonds. The van der Waals surface area contributed by atoms with Crippen molar-refractivity contribution in [1.29, 1.82) is 0 Å². The fraction of sp³-hybridized carbons (Fsp3) is 0.111. The monoisotopic (exact) mass is 335 g/mol. The quantitative estimate of drug-likeness (QED) is 0.560.